The maximum Gasteiger partial charge on any atom is 0.241 e. The van der Waals surface area contributed by atoms with Gasteiger partial charge in [0.05, 0.1) is 6.04 Å². The van der Waals surface area contributed by atoms with Crippen molar-refractivity contribution in [3.8, 4) is 0 Å². The summed E-state index contributed by atoms with van der Waals surface area (Å²) in [4.78, 5) is 14.6. The Morgan fingerprint density at radius 3 is 2.57 bits per heavy atom. The zero-order chi connectivity index (χ0) is 15.1. The van der Waals surface area contributed by atoms with Crippen LogP contribution in [0.4, 0.5) is 5.69 Å². The van der Waals surface area contributed by atoms with Crippen molar-refractivity contribution >= 4 is 11.6 Å². The highest BCUT2D eigenvalue weighted by Gasteiger charge is 2.20. The van der Waals surface area contributed by atoms with E-state index in [1.807, 2.05) is 37.3 Å². The molecule has 1 aromatic rings. The van der Waals surface area contributed by atoms with Crippen molar-refractivity contribution in [3.63, 3.8) is 0 Å². The number of carbonyl (C=O) groups excluding carboxylic acids is 1. The SMILES string of the molecule is CCN1CCC(CNC(C)C(=O)Nc2ccccc2)CC1. The van der Waals surface area contributed by atoms with Gasteiger partial charge in [0.2, 0.25) is 5.91 Å². The van der Waals surface area contributed by atoms with Gasteiger partial charge in [-0.2, -0.15) is 0 Å². The Bertz CT molecular complexity index is 427. The summed E-state index contributed by atoms with van der Waals surface area (Å²) in [5.41, 5.74) is 0.854. The molecule has 1 heterocycles. The Hall–Kier alpha value is -1.39. The predicted molar refractivity (Wildman–Crippen MR) is 87.4 cm³/mol. The van der Waals surface area contributed by atoms with Crippen LogP contribution in [0.5, 0.6) is 0 Å². The second kappa shape index (κ2) is 8.15. The number of carbonyl (C=O) groups is 1. The average Bonchev–Trinajstić information content (AvgIpc) is 2.54. The normalized spacial score (nSPS) is 18.4. The van der Waals surface area contributed by atoms with Gasteiger partial charge in [0.25, 0.3) is 0 Å². The number of hydrogen-bond acceptors (Lipinski definition) is 3. The number of amides is 1. The fourth-order valence-corrected chi connectivity index (χ4v) is 2.71. The molecule has 2 rings (SSSR count). The number of anilines is 1. The maximum atomic E-state index is 12.1. The molecule has 0 saturated carbocycles. The molecule has 4 nitrogen and oxygen atoms in total. The van der Waals surface area contributed by atoms with E-state index < -0.39 is 0 Å². The molecule has 0 aromatic heterocycles. The summed E-state index contributed by atoms with van der Waals surface area (Å²) in [7, 11) is 0. The summed E-state index contributed by atoms with van der Waals surface area (Å²) in [6, 6.07) is 9.45. The third kappa shape index (κ3) is 5.14. The molecule has 0 radical (unpaired) electrons. The van der Waals surface area contributed by atoms with E-state index in [9.17, 15) is 4.79 Å². The molecule has 0 bridgehead atoms. The predicted octanol–water partition coefficient (Wildman–Crippen LogP) is 2.34. The molecule has 1 aromatic carbocycles. The average molecular weight is 289 g/mol. The van der Waals surface area contributed by atoms with Gasteiger partial charge in [-0.05, 0) is 64.0 Å². The van der Waals surface area contributed by atoms with Crippen molar-refractivity contribution in [2.24, 2.45) is 5.92 Å². The van der Waals surface area contributed by atoms with Gasteiger partial charge < -0.3 is 15.5 Å². The van der Waals surface area contributed by atoms with E-state index in [2.05, 4.69) is 22.5 Å². The molecule has 1 amide bonds. The molecule has 0 spiro atoms. The molecule has 1 aliphatic heterocycles. The lowest BCUT2D eigenvalue weighted by Gasteiger charge is -2.31. The zero-order valence-electron chi connectivity index (χ0n) is 13.1. The third-order valence-corrected chi connectivity index (χ3v) is 4.30. The van der Waals surface area contributed by atoms with E-state index >= 15 is 0 Å². The smallest absolute Gasteiger partial charge is 0.241 e. The van der Waals surface area contributed by atoms with E-state index in [0.29, 0.717) is 5.92 Å². The van der Waals surface area contributed by atoms with E-state index in [0.717, 1.165) is 18.8 Å². The molecule has 21 heavy (non-hydrogen) atoms. The number of nitrogens with one attached hydrogen (secondary N) is 2. The van der Waals surface area contributed by atoms with Crippen LogP contribution >= 0.6 is 0 Å². The molecule has 2 N–H and O–H groups in total. The largest absolute Gasteiger partial charge is 0.325 e. The zero-order valence-corrected chi connectivity index (χ0v) is 13.1. The molecular formula is C17H27N3O. The number of para-hydroxylation sites is 1. The molecule has 4 heteroatoms. The van der Waals surface area contributed by atoms with Crippen LogP contribution in [-0.4, -0.2) is 43.0 Å². The van der Waals surface area contributed by atoms with Crippen LogP contribution in [0.15, 0.2) is 30.3 Å². The highest BCUT2D eigenvalue weighted by atomic mass is 16.2. The topological polar surface area (TPSA) is 44.4 Å². The number of rotatable bonds is 6. The lowest BCUT2D eigenvalue weighted by Crippen LogP contribution is -2.43. The van der Waals surface area contributed by atoms with E-state index in [1.165, 1.54) is 25.9 Å². The molecule has 1 saturated heterocycles. The van der Waals surface area contributed by atoms with E-state index in [-0.39, 0.29) is 11.9 Å². The maximum absolute atomic E-state index is 12.1. The van der Waals surface area contributed by atoms with Gasteiger partial charge in [-0.25, -0.2) is 0 Å². The first-order valence-electron chi connectivity index (χ1n) is 8.00. The Morgan fingerprint density at radius 2 is 1.95 bits per heavy atom. The quantitative estimate of drug-likeness (QED) is 0.845. The molecule has 1 aliphatic rings. The first-order chi connectivity index (χ1) is 10.2. The number of piperidine rings is 1. The van der Waals surface area contributed by atoms with Gasteiger partial charge in [-0.3, -0.25) is 4.79 Å². The van der Waals surface area contributed by atoms with Crippen molar-refractivity contribution in [3.05, 3.63) is 30.3 Å². The minimum absolute atomic E-state index is 0.0344. The molecule has 116 valence electrons. The van der Waals surface area contributed by atoms with Crippen molar-refractivity contribution in [2.45, 2.75) is 32.7 Å². The van der Waals surface area contributed by atoms with Gasteiger partial charge in [0.1, 0.15) is 0 Å². The molecule has 1 unspecified atom stereocenters. The number of likely N-dealkylation sites (tertiary alicyclic amines) is 1. The Labute approximate surface area is 127 Å². The van der Waals surface area contributed by atoms with Crippen molar-refractivity contribution in [1.82, 2.24) is 10.2 Å². The summed E-state index contributed by atoms with van der Waals surface area (Å²) in [6.07, 6.45) is 2.46. The number of benzene rings is 1. The van der Waals surface area contributed by atoms with Crippen LogP contribution < -0.4 is 10.6 Å². The third-order valence-electron chi connectivity index (χ3n) is 4.30. The van der Waals surface area contributed by atoms with Crippen molar-refractivity contribution < 1.29 is 4.79 Å². The summed E-state index contributed by atoms with van der Waals surface area (Å²) in [6.45, 7) is 8.60. The fourth-order valence-electron chi connectivity index (χ4n) is 2.71. The van der Waals surface area contributed by atoms with Crippen LogP contribution in [0.25, 0.3) is 0 Å². The number of hydrogen-bond donors (Lipinski definition) is 2. The highest BCUT2D eigenvalue weighted by Crippen LogP contribution is 2.16. The molecule has 1 fully saturated rings. The lowest BCUT2D eigenvalue weighted by atomic mass is 9.96. The van der Waals surface area contributed by atoms with Crippen LogP contribution in [0.1, 0.15) is 26.7 Å². The first-order valence-corrected chi connectivity index (χ1v) is 8.00. The summed E-state index contributed by atoms with van der Waals surface area (Å²) < 4.78 is 0. The molecule has 1 atom stereocenters. The summed E-state index contributed by atoms with van der Waals surface area (Å²) in [5.74, 6) is 0.729. The number of nitrogens with zero attached hydrogens (tertiary/aromatic N) is 1. The van der Waals surface area contributed by atoms with Gasteiger partial charge >= 0.3 is 0 Å². The van der Waals surface area contributed by atoms with Crippen molar-refractivity contribution in [1.29, 1.82) is 0 Å². The van der Waals surface area contributed by atoms with Gasteiger partial charge in [0.15, 0.2) is 0 Å². The fraction of sp³-hybridized carbons (Fsp3) is 0.588. The van der Waals surface area contributed by atoms with Crippen LogP contribution in [0, 0.1) is 5.92 Å². The standard InChI is InChI=1S/C17H27N3O/c1-3-20-11-9-15(10-12-20)13-18-14(2)17(21)19-16-7-5-4-6-8-16/h4-8,14-15,18H,3,9-13H2,1-2H3,(H,19,21). The molecule has 0 aliphatic carbocycles. The molecular weight excluding hydrogens is 262 g/mol. The van der Waals surface area contributed by atoms with E-state index in [4.69, 9.17) is 0 Å². The van der Waals surface area contributed by atoms with Crippen LogP contribution in [-0.2, 0) is 4.79 Å². The minimum Gasteiger partial charge on any atom is -0.325 e. The van der Waals surface area contributed by atoms with E-state index in [1.54, 1.807) is 0 Å². The van der Waals surface area contributed by atoms with Gasteiger partial charge in [-0.15, -0.1) is 0 Å². The minimum atomic E-state index is -0.158. The highest BCUT2D eigenvalue weighted by molar-refractivity contribution is 5.94. The van der Waals surface area contributed by atoms with Crippen molar-refractivity contribution in [2.75, 3.05) is 31.5 Å². The first kappa shape index (κ1) is 16.0. The Balaban J connectivity index is 1.69. The Morgan fingerprint density at radius 1 is 1.29 bits per heavy atom. The van der Waals surface area contributed by atoms with Gasteiger partial charge in [-0.1, -0.05) is 25.1 Å². The second-order valence-electron chi connectivity index (χ2n) is 5.86. The van der Waals surface area contributed by atoms with Crippen LogP contribution in [0.3, 0.4) is 0 Å². The van der Waals surface area contributed by atoms with Gasteiger partial charge in [0, 0.05) is 5.69 Å². The summed E-state index contributed by atoms with van der Waals surface area (Å²) in [5, 5.41) is 6.31. The second-order valence-corrected chi connectivity index (χ2v) is 5.86. The Kier molecular flexibility index (Phi) is 6.21. The summed E-state index contributed by atoms with van der Waals surface area (Å²) >= 11 is 0. The lowest BCUT2D eigenvalue weighted by molar-refractivity contribution is -0.117. The monoisotopic (exact) mass is 289 g/mol. The van der Waals surface area contributed by atoms with Crippen LogP contribution in [0.2, 0.25) is 0 Å².